The fourth-order valence-corrected chi connectivity index (χ4v) is 2.15. The van der Waals surface area contributed by atoms with Crippen LogP contribution in [0.3, 0.4) is 0 Å². The van der Waals surface area contributed by atoms with Crippen LogP contribution in [0.15, 0.2) is 17.1 Å². The molecule has 0 aliphatic rings. The second kappa shape index (κ2) is 4.92. The minimum atomic E-state index is -0.110. The van der Waals surface area contributed by atoms with Crippen molar-refractivity contribution in [3.63, 3.8) is 0 Å². The molecule has 0 saturated carbocycles. The van der Waals surface area contributed by atoms with Gasteiger partial charge in [-0.1, -0.05) is 38.3 Å². The predicted molar refractivity (Wildman–Crippen MR) is 69.4 cm³/mol. The van der Waals surface area contributed by atoms with E-state index in [2.05, 4.69) is 23.8 Å². The molecule has 0 saturated heterocycles. The van der Waals surface area contributed by atoms with Crippen molar-refractivity contribution in [1.29, 1.82) is 0 Å². The van der Waals surface area contributed by atoms with E-state index in [0.717, 1.165) is 18.4 Å². The third-order valence-corrected chi connectivity index (χ3v) is 3.40. The average Bonchev–Trinajstić information content (AvgIpc) is 2.62. The van der Waals surface area contributed by atoms with Gasteiger partial charge in [0.25, 0.3) is 0 Å². The Kier molecular flexibility index (Phi) is 3.52. The van der Waals surface area contributed by atoms with Gasteiger partial charge in [-0.05, 0) is 12.0 Å². The summed E-state index contributed by atoms with van der Waals surface area (Å²) in [6.07, 6.45) is 3.66. The summed E-state index contributed by atoms with van der Waals surface area (Å²) in [4.78, 5) is 18.7. The molecule has 2 rings (SSSR count). The number of pyridine rings is 1. The predicted octanol–water partition coefficient (Wildman–Crippen LogP) is 2.81. The second-order valence-corrected chi connectivity index (χ2v) is 4.68. The molecule has 2 heterocycles. The molecule has 2 aromatic rings. The monoisotopic (exact) mass is 253 g/mol. The van der Waals surface area contributed by atoms with Crippen molar-refractivity contribution >= 4 is 22.8 Å². The third kappa shape index (κ3) is 2.36. The average molecular weight is 254 g/mol. The molecule has 0 amide bonds. The molecule has 17 heavy (non-hydrogen) atoms. The van der Waals surface area contributed by atoms with Crippen molar-refractivity contribution < 1.29 is 0 Å². The largest absolute Gasteiger partial charge is 0.327 e. The first-order valence-corrected chi connectivity index (χ1v) is 6.27. The summed E-state index contributed by atoms with van der Waals surface area (Å²) in [5.74, 6) is 0.505. The molecule has 0 unspecified atom stereocenters. The van der Waals surface area contributed by atoms with Crippen LogP contribution in [-0.2, 0) is 6.54 Å². The van der Waals surface area contributed by atoms with Crippen LogP contribution in [0.4, 0.5) is 0 Å². The highest BCUT2D eigenvalue weighted by molar-refractivity contribution is 6.31. The van der Waals surface area contributed by atoms with Crippen LogP contribution in [0.25, 0.3) is 11.2 Å². The van der Waals surface area contributed by atoms with Crippen LogP contribution < -0.4 is 5.69 Å². The molecule has 92 valence electrons. The number of aromatic nitrogens is 3. The molecule has 0 atom stereocenters. The van der Waals surface area contributed by atoms with Gasteiger partial charge in [0, 0.05) is 12.7 Å². The maximum absolute atomic E-state index is 11.8. The van der Waals surface area contributed by atoms with Crippen molar-refractivity contribution in [2.45, 2.75) is 33.2 Å². The Hall–Kier alpha value is -1.29. The van der Waals surface area contributed by atoms with Gasteiger partial charge in [-0.2, -0.15) is 0 Å². The Morgan fingerprint density at radius 3 is 2.82 bits per heavy atom. The molecule has 0 radical (unpaired) electrons. The van der Waals surface area contributed by atoms with E-state index in [0.29, 0.717) is 23.1 Å². The van der Waals surface area contributed by atoms with Crippen molar-refractivity contribution in [2.24, 2.45) is 5.92 Å². The van der Waals surface area contributed by atoms with Crippen molar-refractivity contribution in [1.82, 2.24) is 14.5 Å². The lowest BCUT2D eigenvalue weighted by atomic mass is 10.0. The number of fused-ring (bicyclic) bond motifs is 1. The highest BCUT2D eigenvalue weighted by Gasteiger charge is 2.12. The molecule has 4 nitrogen and oxygen atoms in total. The molecule has 0 fully saturated rings. The summed E-state index contributed by atoms with van der Waals surface area (Å²) in [5, 5.41) is 0.551. The number of nitrogens with zero attached hydrogens (tertiary/aromatic N) is 2. The molecule has 0 aromatic carbocycles. The maximum Gasteiger partial charge on any atom is 0.327 e. The molecule has 0 aliphatic carbocycles. The van der Waals surface area contributed by atoms with Gasteiger partial charge in [0.05, 0.1) is 10.5 Å². The van der Waals surface area contributed by atoms with Gasteiger partial charge in [0.1, 0.15) is 0 Å². The number of hydrogen-bond acceptors (Lipinski definition) is 2. The lowest BCUT2D eigenvalue weighted by molar-refractivity contribution is 0.418. The standard InChI is InChI=1S/C12H16ClN3O/c1-3-8(4-2)7-16-10-5-9(13)6-14-11(10)15-12(16)17/h5-6,8H,3-4,7H2,1-2H3,(H,14,15,17). The summed E-state index contributed by atoms with van der Waals surface area (Å²) >= 11 is 5.91. The van der Waals surface area contributed by atoms with Gasteiger partial charge in [0.15, 0.2) is 5.65 Å². The van der Waals surface area contributed by atoms with Gasteiger partial charge in [-0.3, -0.25) is 9.55 Å². The summed E-state index contributed by atoms with van der Waals surface area (Å²) in [5.41, 5.74) is 1.28. The molecule has 2 aromatic heterocycles. The summed E-state index contributed by atoms with van der Waals surface area (Å²) in [6.45, 7) is 4.99. The first kappa shape index (κ1) is 12.2. The van der Waals surface area contributed by atoms with E-state index < -0.39 is 0 Å². The highest BCUT2D eigenvalue weighted by atomic mass is 35.5. The minimum absolute atomic E-state index is 0.110. The number of hydrogen-bond donors (Lipinski definition) is 1. The minimum Gasteiger partial charge on any atom is -0.290 e. The number of H-pyrrole nitrogens is 1. The molecular formula is C12H16ClN3O. The normalized spacial score (nSPS) is 11.5. The first-order valence-electron chi connectivity index (χ1n) is 5.89. The van der Waals surface area contributed by atoms with E-state index in [1.165, 1.54) is 0 Å². The van der Waals surface area contributed by atoms with Crippen LogP contribution in [-0.4, -0.2) is 14.5 Å². The molecular weight excluding hydrogens is 238 g/mol. The van der Waals surface area contributed by atoms with E-state index in [4.69, 9.17) is 11.6 Å². The van der Waals surface area contributed by atoms with Gasteiger partial charge in [0.2, 0.25) is 0 Å². The Morgan fingerprint density at radius 2 is 2.18 bits per heavy atom. The van der Waals surface area contributed by atoms with Crippen molar-refractivity contribution in [3.8, 4) is 0 Å². The van der Waals surface area contributed by atoms with Crippen molar-refractivity contribution in [3.05, 3.63) is 27.8 Å². The van der Waals surface area contributed by atoms with Crippen molar-refractivity contribution in [2.75, 3.05) is 0 Å². The molecule has 0 spiro atoms. The Morgan fingerprint density at radius 1 is 1.47 bits per heavy atom. The van der Waals surface area contributed by atoms with E-state index >= 15 is 0 Å². The summed E-state index contributed by atoms with van der Waals surface area (Å²) < 4.78 is 1.73. The number of aromatic amines is 1. The molecule has 0 aliphatic heterocycles. The smallest absolute Gasteiger partial charge is 0.290 e. The zero-order valence-corrected chi connectivity index (χ0v) is 10.8. The van der Waals surface area contributed by atoms with Gasteiger partial charge < -0.3 is 0 Å². The second-order valence-electron chi connectivity index (χ2n) is 4.24. The third-order valence-electron chi connectivity index (χ3n) is 3.19. The molecule has 0 bridgehead atoms. The fourth-order valence-electron chi connectivity index (χ4n) is 2.00. The summed E-state index contributed by atoms with van der Waals surface area (Å²) in [7, 11) is 0. The van der Waals surface area contributed by atoms with E-state index in [9.17, 15) is 4.79 Å². The Labute approximate surface area is 105 Å². The number of imidazole rings is 1. The molecule has 5 heteroatoms. The van der Waals surface area contributed by atoms with Gasteiger partial charge in [-0.15, -0.1) is 0 Å². The molecule has 1 N–H and O–H groups in total. The number of halogens is 1. The van der Waals surface area contributed by atoms with Crippen LogP contribution in [0.5, 0.6) is 0 Å². The Balaban J connectivity index is 2.48. The first-order chi connectivity index (χ1) is 8.15. The van der Waals surface area contributed by atoms with E-state index in [-0.39, 0.29) is 5.69 Å². The quantitative estimate of drug-likeness (QED) is 0.911. The summed E-state index contributed by atoms with van der Waals surface area (Å²) in [6, 6.07) is 1.78. The van der Waals surface area contributed by atoms with E-state index in [1.54, 1.807) is 16.8 Å². The van der Waals surface area contributed by atoms with Crippen LogP contribution in [0.2, 0.25) is 5.02 Å². The van der Waals surface area contributed by atoms with Crippen LogP contribution in [0.1, 0.15) is 26.7 Å². The highest BCUT2D eigenvalue weighted by Crippen LogP contribution is 2.17. The maximum atomic E-state index is 11.8. The lowest BCUT2D eigenvalue weighted by Gasteiger charge is -2.12. The van der Waals surface area contributed by atoms with Crippen LogP contribution in [0, 0.1) is 5.92 Å². The fraction of sp³-hybridized carbons (Fsp3) is 0.500. The lowest BCUT2D eigenvalue weighted by Crippen LogP contribution is -2.21. The Bertz CT molecular complexity index is 569. The van der Waals surface area contributed by atoms with Gasteiger partial charge in [-0.25, -0.2) is 9.78 Å². The SMILES string of the molecule is CCC(CC)Cn1c(=O)[nH]c2ncc(Cl)cc21. The zero-order valence-electron chi connectivity index (χ0n) is 10.0. The zero-order chi connectivity index (χ0) is 12.4. The van der Waals surface area contributed by atoms with E-state index in [1.807, 2.05) is 0 Å². The number of nitrogens with one attached hydrogen (secondary N) is 1. The van der Waals surface area contributed by atoms with Crippen LogP contribution >= 0.6 is 11.6 Å². The van der Waals surface area contributed by atoms with Gasteiger partial charge >= 0.3 is 5.69 Å². The topological polar surface area (TPSA) is 50.7 Å². The number of rotatable bonds is 4.